The van der Waals surface area contributed by atoms with Crippen molar-refractivity contribution in [3.63, 3.8) is 0 Å². The predicted molar refractivity (Wildman–Crippen MR) is 141 cm³/mol. The Kier molecular flexibility index (Phi) is 6.75. The molecule has 0 saturated carbocycles. The summed E-state index contributed by atoms with van der Waals surface area (Å²) in [5.41, 5.74) is 7.29. The summed E-state index contributed by atoms with van der Waals surface area (Å²) in [5.74, 6) is 3.36. The van der Waals surface area contributed by atoms with E-state index < -0.39 is 0 Å². The molecular formula is C27H40N7O+. The molecule has 5 heterocycles. The molecule has 0 aromatic rings. The van der Waals surface area contributed by atoms with Crippen LogP contribution in [0.15, 0.2) is 56.8 Å². The second-order valence-corrected chi connectivity index (χ2v) is 11.1. The molecule has 0 aliphatic carbocycles. The van der Waals surface area contributed by atoms with Gasteiger partial charge in [-0.15, -0.1) is 0 Å². The van der Waals surface area contributed by atoms with Gasteiger partial charge in [0.25, 0.3) is 0 Å². The molecular weight excluding hydrogens is 438 g/mol. The Morgan fingerprint density at radius 2 is 1.80 bits per heavy atom. The van der Waals surface area contributed by atoms with Crippen molar-refractivity contribution in [2.75, 3.05) is 87.1 Å². The monoisotopic (exact) mass is 478 g/mol. The molecule has 8 nitrogen and oxygen atoms in total. The number of aliphatic hydroxyl groups excluding tert-OH is 1. The lowest BCUT2D eigenvalue weighted by Crippen LogP contribution is -2.54. The molecule has 0 radical (unpaired) electrons. The standard InChI is InChI=1S/C27H39N7O/c1-30-9-11-32(12-10-30)21-5-7-28-24(17-21)26-19-23(35)20-27(31(26)2)25-18-22(6-8-29-25)33-13-15-34(3,4)16-14-33/h6,19-21,26H,5,7,9-17H2,1-4H3/p+1. The van der Waals surface area contributed by atoms with Crippen molar-refractivity contribution in [1.82, 2.24) is 19.6 Å². The van der Waals surface area contributed by atoms with E-state index in [-0.39, 0.29) is 11.8 Å². The number of piperazine rings is 2. The van der Waals surface area contributed by atoms with Crippen LogP contribution in [0.4, 0.5) is 0 Å². The van der Waals surface area contributed by atoms with E-state index in [1.807, 2.05) is 12.2 Å². The van der Waals surface area contributed by atoms with Crippen LogP contribution in [0.3, 0.4) is 0 Å². The minimum absolute atomic E-state index is 0.0720. The number of quaternary nitrogens is 1. The molecule has 5 aliphatic heterocycles. The molecule has 35 heavy (non-hydrogen) atoms. The lowest BCUT2D eigenvalue weighted by Gasteiger charge is -2.41. The van der Waals surface area contributed by atoms with E-state index in [1.165, 1.54) is 0 Å². The topological polar surface area (TPSA) is 57.9 Å². The zero-order chi connectivity index (χ0) is 24.6. The van der Waals surface area contributed by atoms with Crippen molar-refractivity contribution in [2.45, 2.75) is 24.9 Å². The second-order valence-electron chi connectivity index (χ2n) is 11.1. The molecule has 8 heteroatoms. The molecule has 0 aromatic carbocycles. The molecule has 5 rings (SSSR count). The number of hydrogen-bond acceptors (Lipinski definition) is 7. The van der Waals surface area contributed by atoms with Gasteiger partial charge in [-0.25, -0.2) is 0 Å². The van der Waals surface area contributed by atoms with Gasteiger partial charge in [0, 0.05) is 70.1 Å². The van der Waals surface area contributed by atoms with E-state index in [0.29, 0.717) is 6.04 Å². The van der Waals surface area contributed by atoms with Crippen LogP contribution in [0.2, 0.25) is 0 Å². The first-order chi connectivity index (χ1) is 16.8. The fourth-order valence-corrected chi connectivity index (χ4v) is 5.63. The summed E-state index contributed by atoms with van der Waals surface area (Å²) in [5, 5.41) is 10.7. The summed E-state index contributed by atoms with van der Waals surface area (Å²) in [4.78, 5) is 19.1. The lowest BCUT2D eigenvalue weighted by molar-refractivity contribution is -0.894. The zero-order valence-corrected chi connectivity index (χ0v) is 21.7. The van der Waals surface area contributed by atoms with Crippen LogP contribution in [-0.4, -0.2) is 140 Å². The molecule has 2 fully saturated rings. The molecule has 2 unspecified atom stereocenters. The van der Waals surface area contributed by atoms with E-state index in [4.69, 9.17) is 4.99 Å². The van der Waals surface area contributed by atoms with E-state index >= 15 is 0 Å². The Balaban J connectivity index is 1.34. The maximum atomic E-state index is 10.7. The van der Waals surface area contributed by atoms with Crippen molar-refractivity contribution in [1.29, 1.82) is 0 Å². The van der Waals surface area contributed by atoms with Crippen LogP contribution >= 0.6 is 0 Å². The zero-order valence-electron chi connectivity index (χ0n) is 21.7. The first kappa shape index (κ1) is 24.1. The molecule has 188 valence electrons. The highest BCUT2D eigenvalue weighted by Crippen LogP contribution is 2.29. The van der Waals surface area contributed by atoms with Gasteiger partial charge in [0.05, 0.1) is 57.7 Å². The number of hydrogen-bond donors (Lipinski definition) is 1. The lowest BCUT2D eigenvalue weighted by atomic mass is 9.93. The molecule has 0 aromatic heterocycles. The summed E-state index contributed by atoms with van der Waals surface area (Å²) in [6, 6.07) is 0.454. The summed E-state index contributed by atoms with van der Waals surface area (Å²) in [6.07, 6.45) is 7.70. The van der Waals surface area contributed by atoms with Crippen molar-refractivity contribution in [3.05, 3.63) is 46.8 Å². The van der Waals surface area contributed by atoms with Gasteiger partial charge in [0.2, 0.25) is 0 Å². The predicted octanol–water partition coefficient (Wildman–Crippen LogP) is 1.48. The maximum absolute atomic E-state index is 10.7. The van der Waals surface area contributed by atoms with Gasteiger partial charge in [-0.3, -0.25) is 9.89 Å². The Morgan fingerprint density at radius 3 is 2.54 bits per heavy atom. The van der Waals surface area contributed by atoms with Crippen LogP contribution < -0.4 is 0 Å². The van der Waals surface area contributed by atoms with Crippen molar-refractivity contribution >= 4 is 11.6 Å². The summed E-state index contributed by atoms with van der Waals surface area (Å²) < 4.78 is 1.05. The van der Waals surface area contributed by atoms with Gasteiger partial charge >= 0.3 is 0 Å². The quantitative estimate of drug-likeness (QED) is 0.490. The third-order valence-electron chi connectivity index (χ3n) is 8.19. The molecule has 2 saturated heterocycles. The Bertz CT molecular complexity index is 1050. The van der Waals surface area contributed by atoms with Gasteiger partial charge in [0.1, 0.15) is 11.5 Å². The fourth-order valence-electron chi connectivity index (χ4n) is 5.63. The highest BCUT2D eigenvalue weighted by atomic mass is 16.3. The number of aliphatic hydroxyl groups is 1. The van der Waals surface area contributed by atoms with Crippen molar-refractivity contribution in [3.8, 4) is 0 Å². The number of likely N-dealkylation sites (N-methyl/N-ethyl adjacent to an activating group) is 3. The summed E-state index contributed by atoms with van der Waals surface area (Å²) in [7, 11) is 8.84. The Labute approximate surface area is 209 Å². The van der Waals surface area contributed by atoms with Crippen molar-refractivity contribution < 1.29 is 9.59 Å². The summed E-state index contributed by atoms with van der Waals surface area (Å²) >= 11 is 0. The number of aliphatic imine (C=N–C) groups is 2. The largest absolute Gasteiger partial charge is 0.508 e. The van der Waals surface area contributed by atoms with Crippen molar-refractivity contribution in [2.24, 2.45) is 9.98 Å². The fraction of sp³-hybridized carbons (Fsp3) is 0.630. The van der Waals surface area contributed by atoms with E-state index in [9.17, 15) is 5.11 Å². The Hall–Kier alpha value is -2.60. The first-order valence-electron chi connectivity index (χ1n) is 13.0. The van der Waals surface area contributed by atoms with E-state index in [2.05, 4.69) is 64.4 Å². The number of nitrogens with zero attached hydrogens (tertiary/aromatic N) is 7. The maximum Gasteiger partial charge on any atom is 0.141 e. The highest BCUT2D eigenvalue weighted by molar-refractivity contribution is 5.93. The third-order valence-corrected chi connectivity index (χ3v) is 8.19. The van der Waals surface area contributed by atoms with Crippen LogP contribution in [0.1, 0.15) is 12.8 Å². The van der Waals surface area contributed by atoms with Gasteiger partial charge in [-0.2, -0.15) is 4.99 Å². The smallest absolute Gasteiger partial charge is 0.141 e. The normalized spacial score (nSPS) is 29.9. The minimum atomic E-state index is -0.0720. The third kappa shape index (κ3) is 5.32. The number of rotatable bonds is 4. The molecule has 5 aliphatic rings. The van der Waals surface area contributed by atoms with Crippen LogP contribution in [0, 0.1) is 0 Å². The molecule has 0 bridgehead atoms. The highest BCUT2D eigenvalue weighted by Gasteiger charge is 2.33. The second kappa shape index (κ2) is 9.81. The summed E-state index contributed by atoms with van der Waals surface area (Å²) in [6.45, 7) is 9.54. The van der Waals surface area contributed by atoms with E-state index in [1.54, 1.807) is 6.08 Å². The van der Waals surface area contributed by atoms with Gasteiger partial charge in [-0.1, -0.05) is 5.73 Å². The molecule has 2 atom stereocenters. The first-order valence-corrected chi connectivity index (χ1v) is 13.0. The van der Waals surface area contributed by atoms with Crippen LogP contribution in [0.25, 0.3) is 0 Å². The van der Waals surface area contributed by atoms with Gasteiger partial charge < -0.3 is 24.3 Å². The average molecular weight is 479 g/mol. The Morgan fingerprint density at radius 1 is 1.06 bits per heavy atom. The molecule has 0 spiro atoms. The SMILES string of the molecule is CN1CCN(C2CCN=C(C3C=C(O)C=C(C4=C=C(N5CC[N+](C)(C)CC5)C=C=N4)N3C)C2)CC1. The van der Waals surface area contributed by atoms with Gasteiger partial charge in [-0.05, 0) is 25.4 Å². The van der Waals surface area contributed by atoms with Gasteiger partial charge in [0.15, 0.2) is 0 Å². The van der Waals surface area contributed by atoms with E-state index in [0.717, 1.165) is 99.0 Å². The molecule has 1 N–H and O–H groups in total. The minimum Gasteiger partial charge on any atom is -0.508 e. The number of allylic oxidation sites excluding steroid dienone is 1. The molecule has 0 amide bonds. The van der Waals surface area contributed by atoms with Crippen LogP contribution in [0.5, 0.6) is 0 Å². The van der Waals surface area contributed by atoms with Crippen LogP contribution in [-0.2, 0) is 0 Å². The average Bonchev–Trinajstić information content (AvgIpc) is 2.86.